The van der Waals surface area contributed by atoms with E-state index in [4.69, 9.17) is 24.4 Å². The second kappa shape index (κ2) is 13.7. The van der Waals surface area contributed by atoms with Gasteiger partial charge < -0.3 is 24.4 Å². The van der Waals surface area contributed by atoms with Gasteiger partial charge in [0.25, 0.3) is 5.91 Å². The number of hydrogen-bond acceptors (Lipinski definition) is 7. The number of aliphatic carboxylic acids is 1. The van der Waals surface area contributed by atoms with Crippen molar-refractivity contribution in [3.8, 4) is 5.75 Å². The number of aliphatic hydroxyl groups is 1. The van der Waals surface area contributed by atoms with Crippen molar-refractivity contribution in [3.05, 3.63) is 77.9 Å². The Morgan fingerprint density at radius 3 is 2.42 bits per heavy atom. The van der Waals surface area contributed by atoms with Crippen LogP contribution in [0.25, 0.3) is 0 Å². The number of alkyl carbamates (subject to hydrolysis) is 1. The number of carboxylic acid groups (broad SMARTS) is 1. The van der Waals surface area contributed by atoms with Crippen LogP contribution in [0.1, 0.15) is 34.9 Å². The third-order valence-corrected chi connectivity index (χ3v) is 4.58. The van der Waals surface area contributed by atoms with E-state index in [-0.39, 0.29) is 13.2 Å². The Bertz CT molecular complexity index is 944. The molecule has 0 spiro atoms. The maximum atomic E-state index is 12.6. The number of methoxy groups -OCH3 is 1. The van der Waals surface area contributed by atoms with Crippen LogP contribution in [0.15, 0.2) is 66.7 Å². The highest BCUT2D eigenvalue weighted by Crippen LogP contribution is 2.33. The lowest BCUT2D eigenvalue weighted by molar-refractivity contribution is -0.131. The van der Waals surface area contributed by atoms with E-state index in [9.17, 15) is 14.4 Å². The highest BCUT2D eigenvalue weighted by Gasteiger charge is 2.30. The molecule has 3 N–H and O–H groups in total. The number of hydrogen-bond donors (Lipinski definition) is 3. The first-order valence-corrected chi connectivity index (χ1v) is 10.3. The van der Waals surface area contributed by atoms with E-state index in [0.717, 1.165) is 6.08 Å². The van der Waals surface area contributed by atoms with Crippen molar-refractivity contribution in [1.29, 1.82) is 0 Å². The van der Waals surface area contributed by atoms with Crippen molar-refractivity contribution < 1.29 is 38.8 Å². The molecule has 9 nitrogen and oxygen atoms in total. The van der Waals surface area contributed by atoms with Crippen molar-refractivity contribution in [2.45, 2.75) is 25.0 Å². The first kappa shape index (κ1) is 25.6. The van der Waals surface area contributed by atoms with Gasteiger partial charge in [-0.3, -0.25) is 10.1 Å². The zero-order valence-corrected chi connectivity index (χ0v) is 18.2. The summed E-state index contributed by atoms with van der Waals surface area (Å²) in [5.41, 5.74) is 0.766. The Kier molecular flexibility index (Phi) is 10.6. The number of imide groups is 1. The number of carbonyl (C=O) groups is 3. The maximum absolute atomic E-state index is 12.6. The minimum absolute atomic E-state index is 0.0292. The van der Waals surface area contributed by atoms with Gasteiger partial charge in [-0.05, 0) is 31.0 Å². The van der Waals surface area contributed by atoms with Gasteiger partial charge in [-0.2, -0.15) is 0 Å². The third-order valence-electron chi connectivity index (χ3n) is 4.58. The molecule has 0 bridgehead atoms. The summed E-state index contributed by atoms with van der Waals surface area (Å²) < 4.78 is 16.7. The van der Waals surface area contributed by atoms with E-state index in [1.54, 1.807) is 54.6 Å². The summed E-state index contributed by atoms with van der Waals surface area (Å²) in [7, 11) is 1.44. The molecule has 0 aliphatic heterocycles. The van der Waals surface area contributed by atoms with Crippen LogP contribution in [-0.4, -0.2) is 54.6 Å². The first-order chi connectivity index (χ1) is 16.0. The number of amides is 2. The van der Waals surface area contributed by atoms with E-state index in [2.05, 4.69) is 5.32 Å². The standard InChI is InChI=1S/C24H27NO8/c1-31-20(13-7-8-14-21(27)28)22(18-11-5-6-12-19(18)32-16-15-26)33-24(30)25-23(29)17-9-3-2-4-10-17/h2-6,8-12,14,20,22,26H,7,13,15-16H2,1H3,(H,27,28)(H,25,29,30)/b14-8+/t20-,22-/m1/s1. The molecule has 0 aliphatic rings. The number of nitrogens with one attached hydrogen (secondary N) is 1. The SMILES string of the molecule is CO[C@H](CC/C=C/C(=O)O)[C@H](OC(=O)NC(=O)c1ccccc1)c1ccccc1OCCO. The van der Waals surface area contributed by atoms with Gasteiger partial charge in [0.05, 0.1) is 12.7 Å². The Morgan fingerprint density at radius 2 is 1.76 bits per heavy atom. The average molecular weight is 457 g/mol. The predicted octanol–water partition coefficient (Wildman–Crippen LogP) is 3.10. The fraction of sp³-hybridized carbons (Fsp3) is 0.292. The number of ether oxygens (including phenoxy) is 3. The minimum Gasteiger partial charge on any atom is -0.491 e. The van der Waals surface area contributed by atoms with Crippen molar-refractivity contribution >= 4 is 18.0 Å². The molecule has 0 radical (unpaired) electrons. The predicted molar refractivity (Wildman–Crippen MR) is 119 cm³/mol. The molecule has 0 fully saturated rings. The number of rotatable bonds is 12. The minimum atomic E-state index is -1.07. The second-order valence-electron chi connectivity index (χ2n) is 6.85. The number of carbonyl (C=O) groups excluding carboxylic acids is 2. The van der Waals surface area contributed by atoms with Crippen LogP contribution in [0.4, 0.5) is 4.79 Å². The van der Waals surface area contributed by atoms with Gasteiger partial charge in [-0.25, -0.2) is 9.59 Å². The van der Waals surface area contributed by atoms with Gasteiger partial charge in [-0.15, -0.1) is 0 Å². The molecule has 2 amide bonds. The summed E-state index contributed by atoms with van der Waals surface area (Å²) >= 11 is 0. The number of benzene rings is 2. The Balaban J connectivity index is 2.25. The number of para-hydroxylation sites is 1. The summed E-state index contributed by atoms with van der Waals surface area (Å²) in [6.45, 7) is -0.180. The van der Waals surface area contributed by atoms with E-state index in [0.29, 0.717) is 29.7 Å². The number of carboxylic acids is 1. The van der Waals surface area contributed by atoms with Crippen molar-refractivity contribution in [3.63, 3.8) is 0 Å². The van der Waals surface area contributed by atoms with Crippen LogP contribution in [-0.2, 0) is 14.3 Å². The van der Waals surface area contributed by atoms with Crippen molar-refractivity contribution in [2.75, 3.05) is 20.3 Å². The first-order valence-electron chi connectivity index (χ1n) is 10.3. The highest BCUT2D eigenvalue weighted by molar-refractivity contribution is 6.02. The van der Waals surface area contributed by atoms with Crippen LogP contribution < -0.4 is 10.1 Å². The van der Waals surface area contributed by atoms with Crippen LogP contribution in [0.3, 0.4) is 0 Å². The summed E-state index contributed by atoms with van der Waals surface area (Å²) in [4.78, 5) is 35.6. The lowest BCUT2D eigenvalue weighted by Gasteiger charge is -2.27. The summed E-state index contributed by atoms with van der Waals surface area (Å²) in [6.07, 6.45) is 0.513. The quantitative estimate of drug-likeness (QED) is 0.414. The normalized spacial score (nSPS) is 12.7. The number of aliphatic hydroxyl groups excluding tert-OH is 1. The monoisotopic (exact) mass is 457 g/mol. The van der Waals surface area contributed by atoms with E-state index < -0.39 is 30.2 Å². The Hall–Kier alpha value is -3.69. The van der Waals surface area contributed by atoms with Crippen LogP contribution in [0.5, 0.6) is 5.75 Å². The van der Waals surface area contributed by atoms with E-state index in [1.165, 1.54) is 13.2 Å². The lowest BCUT2D eigenvalue weighted by atomic mass is 9.99. The van der Waals surface area contributed by atoms with Crippen LogP contribution in [0.2, 0.25) is 0 Å². The topological polar surface area (TPSA) is 131 Å². The van der Waals surface area contributed by atoms with E-state index in [1.807, 2.05) is 0 Å². The highest BCUT2D eigenvalue weighted by atomic mass is 16.6. The molecule has 0 saturated carbocycles. The molecule has 176 valence electrons. The van der Waals surface area contributed by atoms with E-state index >= 15 is 0 Å². The summed E-state index contributed by atoms with van der Waals surface area (Å²) in [5.74, 6) is -1.32. The fourth-order valence-electron chi connectivity index (χ4n) is 3.08. The largest absolute Gasteiger partial charge is 0.491 e. The average Bonchev–Trinajstić information content (AvgIpc) is 2.82. The lowest BCUT2D eigenvalue weighted by Crippen LogP contribution is -2.35. The second-order valence-corrected chi connectivity index (χ2v) is 6.85. The van der Waals surface area contributed by atoms with Crippen LogP contribution in [0, 0.1) is 0 Å². The van der Waals surface area contributed by atoms with Crippen molar-refractivity contribution in [2.24, 2.45) is 0 Å². The zero-order valence-electron chi connectivity index (χ0n) is 18.2. The van der Waals surface area contributed by atoms with Gasteiger partial charge in [0, 0.05) is 24.3 Å². The van der Waals surface area contributed by atoms with Gasteiger partial charge in [0.1, 0.15) is 12.4 Å². The molecule has 0 unspecified atom stereocenters. The van der Waals surface area contributed by atoms with Crippen LogP contribution >= 0.6 is 0 Å². The fourth-order valence-corrected chi connectivity index (χ4v) is 3.08. The van der Waals surface area contributed by atoms with Gasteiger partial charge in [0.2, 0.25) is 0 Å². The molecule has 2 rings (SSSR count). The number of allylic oxidation sites excluding steroid dienone is 1. The molecule has 2 aromatic rings. The molecule has 0 aromatic heterocycles. The maximum Gasteiger partial charge on any atom is 0.414 e. The smallest absolute Gasteiger partial charge is 0.414 e. The molecule has 0 aliphatic carbocycles. The molecule has 9 heteroatoms. The third kappa shape index (κ3) is 8.40. The van der Waals surface area contributed by atoms with Gasteiger partial charge in [0.15, 0.2) is 6.10 Å². The zero-order chi connectivity index (χ0) is 24.1. The molecule has 33 heavy (non-hydrogen) atoms. The van der Waals surface area contributed by atoms with Gasteiger partial charge in [-0.1, -0.05) is 42.5 Å². The van der Waals surface area contributed by atoms with Gasteiger partial charge >= 0.3 is 12.1 Å². The summed E-state index contributed by atoms with van der Waals surface area (Å²) in [5, 5.41) is 20.1. The molecular formula is C24H27NO8. The summed E-state index contributed by atoms with van der Waals surface area (Å²) in [6, 6.07) is 15.0. The molecule has 0 saturated heterocycles. The molecule has 0 heterocycles. The Labute approximate surface area is 191 Å². The molecular weight excluding hydrogens is 430 g/mol. The van der Waals surface area contributed by atoms with Crippen molar-refractivity contribution in [1.82, 2.24) is 5.32 Å². The molecule has 2 atom stereocenters. The molecule has 2 aromatic carbocycles. The Morgan fingerprint density at radius 1 is 1.06 bits per heavy atom.